The van der Waals surface area contributed by atoms with Gasteiger partial charge in [0.05, 0.1) is 12.7 Å². The van der Waals surface area contributed by atoms with E-state index < -0.39 is 0 Å². The fourth-order valence-corrected chi connectivity index (χ4v) is 3.29. The third-order valence-corrected chi connectivity index (χ3v) is 4.46. The van der Waals surface area contributed by atoms with Crippen molar-refractivity contribution in [1.29, 1.82) is 0 Å². The highest BCUT2D eigenvalue weighted by molar-refractivity contribution is 5.20. The number of benzene rings is 1. The van der Waals surface area contributed by atoms with E-state index in [4.69, 9.17) is 15.2 Å². The first-order valence-electron chi connectivity index (χ1n) is 8.33. The molecule has 1 aliphatic rings. The van der Waals surface area contributed by atoms with Gasteiger partial charge in [0.25, 0.3) is 0 Å². The minimum atomic E-state index is 0.319. The summed E-state index contributed by atoms with van der Waals surface area (Å²) < 4.78 is 11.8. The molecule has 0 saturated heterocycles. The van der Waals surface area contributed by atoms with Crippen molar-refractivity contribution < 1.29 is 9.47 Å². The van der Waals surface area contributed by atoms with Crippen molar-refractivity contribution in [1.82, 2.24) is 0 Å². The average molecular weight is 291 g/mol. The van der Waals surface area contributed by atoms with E-state index in [1.54, 1.807) is 0 Å². The lowest BCUT2D eigenvalue weighted by molar-refractivity contribution is -0.0339. The van der Waals surface area contributed by atoms with Crippen LogP contribution in [0.15, 0.2) is 30.3 Å². The molecular formula is C18H29NO2. The average Bonchev–Trinajstić information content (AvgIpc) is 2.53. The summed E-state index contributed by atoms with van der Waals surface area (Å²) in [6.45, 7) is 4.26. The summed E-state index contributed by atoms with van der Waals surface area (Å²) >= 11 is 0. The van der Waals surface area contributed by atoms with Gasteiger partial charge >= 0.3 is 0 Å². The molecule has 3 heteroatoms. The molecule has 1 aromatic carbocycles. The molecule has 3 atom stereocenters. The van der Waals surface area contributed by atoms with E-state index in [1.165, 1.54) is 32.1 Å². The molecule has 3 unspecified atom stereocenters. The van der Waals surface area contributed by atoms with Crippen molar-refractivity contribution in [2.45, 2.75) is 45.1 Å². The summed E-state index contributed by atoms with van der Waals surface area (Å²) in [5.74, 6) is 2.25. The maximum atomic E-state index is 6.08. The molecule has 1 fully saturated rings. The Bertz CT molecular complexity index is 382. The Morgan fingerprint density at radius 2 is 1.95 bits per heavy atom. The quantitative estimate of drug-likeness (QED) is 0.744. The molecule has 1 aliphatic carbocycles. The lowest BCUT2D eigenvalue weighted by Crippen LogP contribution is -2.37. The lowest BCUT2D eigenvalue weighted by Gasteiger charge is -2.35. The molecule has 0 bridgehead atoms. The van der Waals surface area contributed by atoms with Crippen molar-refractivity contribution in [2.24, 2.45) is 17.6 Å². The van der Waals surface area contributed by atoms with Gasteiger partial charge in [-0.2, -0.15) is 0 Å². The number of para-hydroxylation sites is 1. The number of rotatable bonds is 8. The number of ether oxygens (including phenoxy) is 2. The van der Waals surface area contributed by atoms with Gasteiger partial charge in [-0.25, -0.2) is 0 Å². The molecular weight excluding hydrogens is 262 g/mol. The molecule has 0 aliphatic heterocycles. The van der Waals surface area contributed by atoms with Gasteiger partial charge in [0.1, 0.15) is 12.4 Å². The zero-order chi connectivity index (χ0) is 14.9. The maximum absolute atomic E-state index is 6.08. The van der Waals surface area contributed by atoms with Crippen LogP contribution in [0, 0.1) is 11.8 Å². The van der Waals surface area contributed by atoms with Gasteiger partial charge in [-0.05, 0) is 49.8 Å². The highest BCUT2D eigenvalue weighted by Crippen LogP contribution is 2.33. The molecule has 0 spiro atoms. The Labute approximate surface area is 128 Å². The van der Waals surface area contributed by atoms with Crippen molar-refractivity contribution in [3.8, 4) is 5.75 Å². The van der Waals surface area contributed by atoms with E-state index in [9.17, 15) is 0 Å². The predicted octanol–water partition coefficient (Wildman–Crippen LogP) is 3.63. The van der Waals surface area contributed by atoms with Crippen molar-refractivity contribution in [3.63, 3.8) is 0 Å². The largest absolute Gasteiger partial charge is 0.491 e. The number of hydrogen-bond acceptors (Lipinski definition) is 3. The van der Waals surface area contributed by atoms with Gasteiger partial charge < -0.3 is 15.2 Å². The van der Waals surface area contributed by atoms with Crippen LogP contribution in [0.5, 0.6) is 5.75 Å². The van der Waals surface area contributed by atoms with Gasteiger partial charge in [0.2, 0.25) is 0 Å². The third-order valence-electron chi connectivity index (χ3n) is 4.46. The first kappa shape index (κ1) is 16.3. The normalized spacial score (nSPS) is 25.7. The highest BCUT2D eigenvalue weighted by Gasteiger charge is 2.29. The predicted molar refractivity (Wildman–Crippen MR) is 86.5 cm³/mol. The van der Waals surface area contributed by atoms with Crippen molar-refractivity contribution in [3.05, 3.63) is 30.3 Å². The Hall–Kier alpha value is -1.06. The molecule has 1 saturated carbocycles. The molecule has 21 heavy (non-hydrogen) atoms. The van der Waals surface area contributed by atoms with E-state index in [0.29, 0.717) is 25.2 Å². The van der Waals surface area contributed by atoms with Gasteiger partial charge in [-0.1, -0.05) is 38.0 Å². The Balaban J connectivity index is 1.71. The molecule has 0 heterocycles. The summed E-state index contributed by atoms with van der Waals surface area (Å²) in [6, 6.07) is 9.90. The van der Waals surface area contributed by atoms with Gasteiger partial charge in [-0.15, -0.1) is 0 Å². The molecule has 118 valence electrons. The molecule has 0 radical (unpaired) electrons. The smallest absolute Gasteiger partial charge is 0.119 e. The van der Waals surface area contributed by atoms with Crippen molar-refractivity contribution >= 4 is 0 Å². The zero-order valence-electron chi connectivity index (χ0n) is 13.2. The highest BCUT2D eigenvalue weighted by atomic mass is 16.5. The molecule has 2 rings (SSSR count). The van der Waals surface area contributed by atoms with E-state index in [2.05, 4.69) is 6.92 Å². The summed E-state index contributed by atoms with van der Waals surface area (Å²) in [4.78, 5) is 0. The summed E-state index contributed by atoms with van der Waals surface area (Å²) in [7, 11) is 0. The lowest BCUT2D eigenvalue weighted by atomic mass is 9.78. The molecule has 1 aromatic rings. The molecule has 0 amide bonds. The monoisotopic (exact) mass is 291 g/mol. The first-order valence-corrected chi connectivity index (χ1v) is 8.33. The van der Waals surface area contributed by atoms with Crippen LogP contribution in [-0.4, -0.2) is 25.9 Å². The Morgan fingerprint density at radius 1 is 1.14 bits per heavy atom. The van der Waals surface area contributed by atoms with E-state index >= 15 is 0 Å². The second-order valence-electron chi connectivity index (χ2n) is 6.03. The van der Waals surface area contributed by atoms with Crippen LogP contribution in [0.4, 0.5) is 0 Å². The van der Waals surface area contributed by atoms with Crippen LogP contribution in [0.3, 0.4) is 0 Å². The zero-order valence-corrected chi connectivity index (χ0v) is 13.2. The second kappa shape index (κ2) is 9.06. The minimum Gasteiger partial charge on any atom is -0.491 e. The van der Waals surface area contributed by atoms with E-state index in [0.717, 1.165) is 18.2 Å². The molecule has 3 nitrogen and oxygen atoms in total. The minimum absolute atomic E-state index is 0.319. The van der Waals surface area contributed by atoms with Gasteiger partial charge in [0, 0.05) is 0 Å². The van der Waals surface area contributed by atoms with E-state index in [-0.39, 0.29) is 0 Å². The Morgan fingerprint density at radius 3 is 2.67 bits per heavy atom. The summed E-state index contributed by atoms with van der Waals surface area (Å²) in [5.41, 5.74) is 5.90. The van der Waals surface area contributed by atoms with E-state index in [1.807, 2.05) is 30.3 Å². The molecule has 2 N–H and O–H groups in total. The van der Waals surface area contributed by atoms with Crippen molar-refractivity contribution in [2.75, 3.05) is 19.8 Å². The summed E-state index contributed by atoms with van der Waals surface area (Å²) in [5, 5.41) is 0. The fourth-order valence-electron chi connectivity index (χ4n) is 3.29. The fraction of sp³-hybridized carbons (Fsp3) is 0.667. The standard InChI is InChI=1S/C18H29NO2/c1-2-6-15-9-10-16(14-19)18(13-15)21-12-11-20-17-7-4-3-5-8-17/h3-5,7-8,15-16,18H,2,6,9-14,19H2,1H3. The van der Waals surface area contributed by atoms with Crippen LogP contribution in [0.1, 0.15) is 39.0 Å². The third kappa shape index (κ3) is 5.33. The van der Waals surface area contributed by atoms with Gasteiger partial charge in [-0.3, -0.25) is 0 Å². The number of nitrogens with two attached hydrogens (primary N) is 1. The SMILES string of the molecule is CCCC1CCC(CN)C(OCCOc2ccccc2)C1. The Kier molecular flexibility index (Phi) is 7.04. The van der Waals surface area contributed by atoms with Gasteiger partial charge in [0.15, 0.2) is 0 Å². The van der Waals surface area contributed by atoms with Crippen LogP contribution < -0.4 is 10.5 Å². The summed E-state index contributed by atoms with van der Waals surface area (Å²) in [6.07, 6.45) is 6.60. The van der Waals surface area contributed by atoms with Crippen LogP contribution in [-0.2, 0) is 4.74 Å². The second-order valence-corrected chi connectivity index (χ2v) is 6.03. The number of hydrogen-bond donors (Lipinski definition) is 1. The maximum Gasteiger partial charge on any atom is 0.119 e. The van der Waals surface area contributed by atoms with Crippen LogP contribution in [0.25, 0.3) is 0 Å². The first-order chi connectivity index (χ1) is 10.3. The topological polar surface area (TPSA) is 44.5 Å². The molecule has 0 aromatic heterocycles. The van der Waals surface area contributed by atoms with Crippen LogP contribution >= 0.6 is 0 Å². The van der Waals surface area contributed by atoms with Crippen LogP contribution in [0.2, 0.25) is 0 Å².